The van der Waals surface area contributed by atoms with Crippen LogP contribution in [-0.2, 0) is 11.3 Å². The molecule has 0 spiro atoms. The molecule has 1 atom stereocenters. The van der Waals surface area contributed by atoms with Gasteiger partial charge in [0.25, 0.3) is 11.5 Å². The number of amides is 1. The zero-order chi connectivity index (χ0) is 19.9. The summed E-state index contributed by atoms with van der Waals surface area (Å²) in [7, 11) is 1.59. The highest BCUT2D eigenvalue weighted by Gasteiger charge is 2.19. The number of nitrogens with zero attached hydrogens (tertiary/aromatic N) is 2. The number of nitrogens with one attached hydrogen (secondary N) is 1. The zero-order valence-electron chi connectivity index (χ0n) is 16.4. The van der Waals surface area contributed by atoms with Crippen molar-refractivity contribution in [2.24, 2.45) is 0 Å². The second-order valence-electron chi connectivity index (χ2n) is 7.05. The van der Waals surface area contributed by atoms with Crippen molar-refractivity contribution in [1.82, 2.24) is 14.9 Å². The molecule has 28 heavy (non-hydrogen) atoms. The quantitative estimate of drug-likeness (QED) is 0.755. The average molecular weight is 385 g/mol. The number of methoxy groups -OCH3 is 1. The molecular weight excluding hydrogens is 358 g/mol. The molecule has 1 saturated carbocycles. The first-order valence-corrected chi connectivity index (χ1v) is 9.71. The third kappa shape index (κ3) is 5.12. The SMILES string of the molecule is COc1ccc(OC(C)C(=O)NCCn2cnc(C3CCCC3)cc2=O)cc1. The molecule has 1 N–H and O–H groups in total. The van der Waals surface area contributed by atoms with E-state index in [4.69, 9.17) is 9.47 Å². The Hall–Kier alpha value is -2.83. The predicted molar refractivity (Wildman–Crippen MR) is 106 cm³/mol. The third-order valence-corrected chi connectivity index (χ3v) is 5.07. The van der Waals surface area contributed by atoms with Gasteiger partial charge in [-0.15, -0.1) is 0 Å². The lowest BCUT2D eigenvalue weighted by Gasteiger charge is -2.15. The summed E-state index contributed by atoms with van der Waals surface area (Å²) in [5.74, 6) is 1.49. The summed E-state index contributed by atoms with van der Waals surface area (Å²) in [6.45, 7) is 2.39. The summed E-state index contributed by atoms with van der Waals surface area (Å²) in [6.07, 6.45) is 5.57. The number of carbonyl (C=O) groups is 1. The first-order valence-electron chi connectivity index (χ1n) is 9.71. The monoisotopic (exact) mass is 385 g/mol. The lowest BCUT2D eigenvalue weighted by molar-refractivity contribution is -0.127. The van der Waals surface area contributed by atoms with Crippen molar-refractivity contribution in [1.29, 1.82) is 0 Å². The van der Waals surface area contributed by atoms with Gasteiger partial charge < -0.3 is 14.8 Å². The highest BCUT2D eigenvalue weighted by atomic mass is 16.5. The normalized spacial score (nSPS) is 15.2. The van der Waals surface area contributed by atoms with Crippen molar-refractivity contribution < 1.29 is 14.3 Å². The first-order chi connectivity index (χ1) is 13.6. The molecule has 1 fully saturated rings. The largest absolute Gasteiger partial charge is 0.497 e. The van der Waals surface area contributed by atoms with Gasteiger partial charge in [-0.05, 0) is 44.0 Å². The molecule has 1 aromatic heterocycles. The van der Waals surface area contributed by atoms with E-state index in [1.807, 2.05) is 0 Å². The van der Waals surface area contributed by atoms with Crippen molar-refractivity contribution in [3.8, 4) is 11.5 Å². The molecule has 150 valence electrons. The maximum absolute atomic E-state index is 12.3. The fourth-order valence-electron chi connectivity index (χ4n) is 3.41. The molecule has 1 aliphatic carbocycles. The van der Waals surface area contributed by atoms with Crippen LogP contribution >= 0.6 is 0 Å². The van der Waals surface area contributed by atoms with Gasteiger partial charge in [-0.1, -0.05) is 12.8 Å². The van der Waals surface area contributed by atoms with Gasteiger partial charge in [0, 0.05) is 25.1 Å². The molecule has 7 nitrogen and oxygen atoms in total. The van der Waals surface area contributed by atoms with Gasteiger partial charge in [-0.25, -0.2) is 4.98 Å². The molecule has 0 bridgehead atoms. The van der Waals surface area contributed by atoms with E-state index in [2.05, 4.69) is 10.3 Å². The van der Waals surface area contributed by atoms with E-state index in [1.165, 1.54) is 17.4 Å². The van der Waals surface area contributed by atoms with Crippen LogP contribution in [0.2, 0.25) is 0 Å². The van der Waals surface area contributed by atoms with Gasteiger partial charge in [0.2, 0.25) is 0 Å². The van der Waals surface area contributed by atoms with E-state index < -0.39 is 6.10 Å². The van der Waals surface area contributed by atoms with Crippen LogP contribution < -0.4 is 20.3 Å². The summed E-state index contributed by atoms with van der Waals surface area (Å²) in [6, 6.07) is 8.68. The van der Waals surface area contributed by atoms with Crippen LogP contribution in [0.1, 0.15) is 44.2 Å². The predicted octanol–water partition coefficient (Wildman–Crippen LogP) is 2.49. The van der Waals surface area contributed by atoms with Crippen LogP contribution in [0, 0.1) is 0 Å². The van der Waals surface area contributed by atoms with Gasteiger partial charge in [0.05, 0.1) is 19.1 Å². The molecular formula is C21H27N3O4. The maximum Gasteiger partial charge on any atom is 0.260 e. The molecule has 1 heterocycles. The number of carbonyl (C=O) groups excluding carboxylic acids is 1. The van der Waals surface area contributed by atoms with E-state index in [0.29, 0.717) is 24.8 Å². The van der Waals surface area contributed by atoms with Gasteiger partial charge in [-0.2, -0.15) is 0 Å². The van der Waals surface area contributed by atoms with Crippen LogP contribution in [0.4, 0.5) is 0 Å². The Morgan fingerprint density at radius 3 is 2.57 bits per heavy atom. The van der Waals surface area contributed by atoms with Crippen molar-refractivity contribution >= 4 is 5.91 Å². The molecule has 1 unspecified atom stereocenters. The number of ether oxygens (including phenoxy) is 2. The van der Waals surface area contributed by atoms with Crippen molar-refractivity contribution in [2.75, 3.05) is 13.7 Å². The molecule has 7 heteroatoms. The molecule has 3 rings (SSSR count). The Balaban J connectivity index is 1.47. The number of hydrogen-bond donors (Lipinski definition) is 1. The molecule has 1 amide bonds. The minimum absolute atomic E-state index is 0.0753. The Morgan fingerprint density at radius 2 is 1.93 bits per heavy atom. The number of hydrogen-bond acceptors (Lipinski definition) is 5. The molecule has 2 aromatic rings. The molecule has 1 aromatic carbocycles. The van der Waals surface area contributed by atoms with Crippen molar-refractivity contribution in [3.05, 3.63) is 52.7 Å². The number of benzene rings is 1. The summed E-state index contributed by atoms with van der Waals surface area (Å²) < 4.78 is 12.2. The summed E-state index contributed by atoms with van der Waals surface area (Å²) in [4.78, 5) is 28.9. The van der Waals surface area contributed by atoms with Crippen LogP contribution in [0.15, 0.2) is 41.5 Å². The minimum Gasteiger partial charge on any atom is -0.497 e. The standard InChI is InChI=1S/C21H27N3O4/c1-15(28-18-9-7-17(27-2)8-10-18)21(26)22-11-12-24-14-23-19(13-20(24)25)16-5-3-4-6-16/h7-10,13-16H,3-6,11-12H2,1-2H3,(H,22,26). The number of rotatable bonds is 8. The van der Waals surface area contributed by atoms with Gasteiger partial charge in [-0.3, -0.25) is 14.2 Å². The Bertz CT molecular complexity index is 841. The maximum atomic E-state index is 12.3. The van der Waals surface area contributed by atoms with Gasteiger partial charge in [0.1, 0.15) is 11.5 Å². The van der Waals surface area contributed by atoms with Crippen LogP contribution in [0.25, 0.3) is 0 Å². The highest BCUT2D eigenvalue weighted by molar-refractivity contribution is 5.80. The lowest BCUT2D eigenvalue weighted by Crippen LogP contribution is -2.38. The van der Waals surface area contributed by atoms with Crippen molar-refractivity contribution in [3.63, 3.8) is 0 Å². The Kier molecular flexibility index (Phi) is 6.68. The van der Waals surface area contributed by atoms with Crippen LogP contribution in [-0.4, -0.2) is 35.2 Å². The molecule has 0 radical (unpaired) electrons. The van der Waals surface area contributed by atoms with Crippen LogP contribution in [0.3, 0.4) is 0 Å². The van der Waals surface area contributed by atoms with Crippen molar-refractivity contribution in [2.45, 2.75) is 51.2 Å². The van der Waals surface area contributed by atoms with Crippen LogP contribution in [0.5, 0.6) is 11.5 Å². The third-order valence-electron chi connectivity index (χ3n) is 5.07. The average Bonchev–Trinajstić information content (AvgIpc) is 3.24. The fourth-order valence-corrected chi connectivity index (χ4v) is 3.41. The second kappa shape index (κ2) is 9.39. The van der Waals surface area contributed by atoms with E-state index in [9.17, 15) is 9.59 Å². The second-order valence-corrected chi connectivity index (χ2v) is 7.05. The molecule has 0 aliphatic heterocycles. The highest BCUT2D eigenvalue weighted by Crippen LogP contribution is 2.32. The fraction of sp³-hybridized carbons (Fsp3) is 0.476. The number of aromatic nitrogens is 2. The zero-order valence-corrected chi connectivity index (χ0v) is 16.4. The smallest absolute Gasteiger partial charge is 0.260 e. The van der Waals surface area contributed by atoms with Gasteiger partial charge in [0.15, 0.2) is 6.10 Å². The lowest BCUT2D eigenvalue weighted by atomic mass is 10.0. The summed E-state index contributed by atoms with van der Waals surface area (Å²) >= 11 is 0. The van der Waals surface area contributed by atoms with E-state index in [0.717, 1.165) is 24.3 Å². The van der Waals surface area contributed by atoms with E-state index in [-0.39, 0.29) is 11.5 Å². The Morgan fingerprint density at radius 1 is 1.25 bits per heavy atom. The van der Waals surface area contributed by atoms with Gasteiger partial charge >= 0.3 is 0 Å². The topological polar surface area (TPSA) is 82.4 Å². The minimum atomic E-state index is -0.645. The molecule has 1 aliphatic rings. The summed E-state index contributed by atoms with van der Waals surface area (Å²) in [5, 5.41) is 2.79. The van der Waals surface area contributed by atoms with E-state index in [1.54, 1.807) is 50.7 Å². The van der Waals surface area contributed by atoms with E-state index >= 15 is 0 Å². The summed E-state index contributed by atoms with van der Waals surface area (Å²) in [5.41, 5.74) is 0.818. The Labute approximate surface area is 164 Å². The molecule has 0 saturated heterocycles. The first kappa shape index (κ1) is 19.9.